The van der Waals surface area contributed by atoms with Gasteiger partial charge in [-0.2, -0.15) is 0 Å². The molecule has 86 valence electrons. The van der Waals surface area contributed by atoms with Gasteiger partial charge in [-0.3, -0.25) is 0 Å². The maximum absolute atomic E-state index is 6.12. The van der Waals surface area contributed by atoms with Crippen molar-refractivity contribution in [1.82, 2.24) is 0 Å². The van der Waals surface area contributed by atoms with Crippen molar-refractivity contribution in [3.8, 4) is 12.3 Å². The molecule has 2 N–H and O–H groups in total. The van der Waals surface area contributed by atoms with E-state index in [1.54, 1.807) is 0 Å². The van der Waals surface area contributed by atoms with E-state index in [0.717, 1.165) is 19.3 Å². The zero-order valence-electron chi connectivity index (χ0n) is 10.1. The third kappa shape index (κ3) is 3.60. The Morgan fingerprint density at radius 2 is 2.19 bits per heavy atom. The Balaban J connectivity index is 2.65. The van der Waals surface area contributed by atoms with Gasteiger partial charge in [-0.15, -0.1) is 12.3 Å². The summed E-state index contributed by atoms with van der Waals surface area (Å²) in [6.45, 7) is 0. The molecule has 2 nitrogen and oxygen atoms in total. The molecule has 1 atom stereocenters. The van der Waals surface area contributed by atoms with Gasteiger partial charge in [0.1, 0.15) is 0 Å². The molecule has 0 saturated carbocycles. The monoisotopic (exact) mass is 216 g/mol. The minimum atomic E-state index is 0.0910. The minimum Gasteiger partial charge on any atom is -0.378 e. The third-order valence-corrected chi connectivity index (χ3v) is 2.65. The normalized spacial score (nSPS) is 11.9. The van der Waals surface area contributed by atoms with E-state index in [-0.39, 0.29) is 6.04 Å². The van der Waals surface area contributed by atoms with Crippen LogP contribution in [0.25, 0.3) is 0 Å². The Labute approximate surface area is 98.4 Å². The number of benzene rings is 1. The number of hydrogen-bond acceptors (Lipinski definition) is 2. The zero-order chi connectivity index (χ0) is 12.0. The van der Waals surface area contributed by atoms with Gasteiger partial charge in [0.2, 0.25) is 0 Å². The van der Waals surface area contributed by atoms with Crippen LogP contribution in [0.5, 0.6) is 0 Å². The standard InChI is InChI=1S/C14H20N2/c1-4-5-6-10-14(15)12-8-7-9-13(11-12)16(2)3/h1,7-9,11,14H,5-6,10,15H2,2-3H3. The number of nitrogens with zero attached hydrogens (tertiary/aromatic N) is 1. The molecule has 2 heteroatoms. The summed E-state index contributed by atoms with van der Waals surface area (Å²) < 4.78 is 0. The van der Waals surface area contributed by atoms with Gasteiger partial charge in [-0.25, -0.2) is 0 Å². The highest BCUT2D eigenvalue weighted by Crippen LogP contribution is 2.21. The fraction of sp³-hybridized carbons (Fsp3) is 0.429. The van der Waals surface area contributed by atoms with E-state index in [1.807, 2.05) is 20.2 Å². The first kappa shape index (κ1) is 12.6. The van der Waals surface area contributed by atoms with Crippen LogP contribution in [0.2, 0.25) is 0 Å². The van der Waals surface area contributed by atoms with Crippen molar-refractivity contribution in [2.75, 3.05) is 19.0 Å². The van der Waals surface area contributed by atoms with Gasteiger partial charge in [0.15, 0.2) is 0 Å². The molecule has 1 aromatic carbocycles. The number of nitrogens with two attached hydrogens (primary N) is 1. The Hall–Kier alpha value is -1.46. The minimum absolute atomic E-state index is 0.0910. The Morgan fingerprint density at radius 3 is 2.81 bits per heavy atom. The van der Waals surface area contributed by atoms with Crippen LogP contribution in [-0.4, -0.2) is 14.1 Å². The van der Waals surface area contributed by atoms with E-state index in [2.05, 4.69) is 29.0 Å². The average Bonchev–Trinajstić information content (AvgIpc) is 2.29. The molecular weight excluding hydrogens is 196 g/mol. The molecule has 1 rings (SSSR count). The number of anilines is 1. The molecule has 0 spiro atoms. The number of rotatable bonds is 5. The lowest BCUT2D eigenvalue weighted by Crippen LogP contribution is -2.13. The predicted molar refractivity (Wildman–Crippen MR) is 70.4 cm³/mol. The van der Waals surface area contributed by atoms with Crippen LogP contribution in [0.4, 0.5) is 5.69 Å². The topological polar surface area (TPSA) is 29.3 Å². The Morgan fingerprint density at radius 1 is 1.44 bits per heavy atom. The summed E-state index contributed by atoms with van der Waals surface area (Å²) in [7, 11) is 4.06. The van der Waals surface area contributed by atoms with Crippen LogP contribution in [0.1, 0.15) is 30.9 Å². The maximum Gasteiger partial charge on any atom is 0.0364 e. The van der Waals surface area contributed by atoms with E-state index in [0.29, 0.717) is 0 Å². The number of terminal acetylenes is 1. The van der Waals surface area contributed by atoms with Gasteiger partial charge in [-0.1, -0.05) is 12.1 Å². The van der Waals surface area contributed by atoms with E-state index >= 15 is 0 Å². The lowest BCUT2D eigenvalue weighted by molar-refractivity contribution is 0.621. The van der Waals surface area contributed by atoms with Crippen LogP contribution in [0, 0.1) is 12.3 Å². The highest BCUT2D eigenvalue weighted by atomic mass is 15.1. The van der Waals surface area contributed by atoms with Crippen molar-refractivity contribution in [3.63, 3.8) is 0 Å². The lowest BCUT2D eigenvalue weighted by Gasteiger charge is -2.16. The SMILES string of the molecule is C#CCCCC(N)c1cccc(N(C)C)c1. The summed E-state index contributed by atoms with van der Waals surface area (Å²) in [5.41, 5.74) is 8.49. The fourth-order valence-corrected chi connectivity index (χ4v) is 1.62. The average molecular weight is 216 g/mol. The molecule has 0 bridgehead atoms. The van der Waals surface area contributed by atoms with Crippen molar-refractivity contribution in [1.29, 1.82) is 0 Å². The van der Waals surface area contributed by atoms with Gasteiger partial charge in [0.25, 0.3) is 0 Å². The van der Waals surface area contributed by atoms with Crippen molar-refractivity contribution in [3.05, 3.63) is 29.8 Å². The third-order valence-electron chi connectivity index (χ3n) is 2.65. The van der Waals surface area contributed by atoms with E-state index in [9.17, 15) is 0 Å². The lowest BCUT2D eigenvalue weighted by atomic mass is 10.0. The first-order valence-electron chi connectivity index (χ1n) is 5.61. The van der Waals surface area contributed by atoms with E-state index in [4.69, 9.17) is 12.2 Å². The summed E-state index contributed by atoms with van der Waals surface area (Å²) in [6.07, 6.45) is 7.96. The second-order valence-electron chi connectivity index (χ2n) is 4.19. The van der Waals surface area contributed by atoms with Crippen molar-refractivity contribution in [2.45, 2.75) is 25.3 Å². The molecule has 0 aliphatic carbocycles. The van der Waals surface area contributed by atoms with Gasteiger partial charge in [0.05, 0.1) is 0 Å². The summed E-state index contributed by atoms with van der Waals surface area (Å²) in [4.78, 5) is 2.08. The number of unbranched alkanes of at least 4 members (excludes halogenated alkanes) is 1. The quantitative estimate of drug-likeness (QED) is 0.605. The summed E-state index contributed by atoms with van der Waals surface area (Å²) in [6, 6.07) is 8.44. The molecule has 16 heavy (non-hydrogen) atoms. The molecule has 0 saturated heterocycles. The molecule has 0 heterocycles. The molecule has 0 aliphatic heterocycles. The Bertz CT molecular complexity index is 363. The van der Waals surface area contributed by atoms with Gasteiger partial charge < -0.3 is 10.6 Å². The van der Waals surface area contributed by atoms with Gasteiger partial charge in [0, 0.05) is 32.2 Å². The largest absolute Gasteiger partial charge is 0.378 e. The van der Waals surface area contributed by atoms with Crippen LogP contribution in [0.15, 0.2) is 24.3 Å². The van der Waals surface area contributed by atoms with Crippen LogP contribution in [-0.2, 0) is 0 Å². The summed E-state index contributed by atoms with van der Waals surface area (Å²) >= 11 is 0. The van der Waals surface area contributed by atoms with Crippen molar-refractivity contribution in [2.24, 2.45) is 5.73 Å². The second-order valence-corrected chi connectivity index (χ2v) is 4.19. The second kappa shape index (κ2) is 6.19. The molecule has 0 aliphatic rings. The first-order chi connectivity index (χ1) is 7.65. The number of hydrogen-bond donors (Lipinski definition) is 1. The maximum atomic E-state index is 6.12. The Kier molecular flexibility index (Phi) is 4.88. The molecule has 0 radical (unpaired) electrons. The summed E-state index contributed by atoms with van der Waals surface area (Å²) in [5, 5.41) is 0. The zero-order valence-corrected chi connectivity index (χ0v) is 10.1. The summed E-state index contributed by atoms with van der Waals surface area (Å²) in [5.74, 6) is 2.64. The first-order valence-corrected chi connectivity index (χ1v) is 5.61. The highest BCUT2D eigenvalue weighted by Gasteiger charge is 2.06. The molecule has 0 aromatic heterocycles. The van der Waals surface area contributed by atoms with Crippen LogP contribution < -0.4 is 10.6 Å². The molecular formula is C14H20N2. The van der Waals surface area contributed by atoms with Crippen molar-refractivity contribution < 1.29 is 0 Å². The predicted octanol–water partition coefficient (Wildman–Crippen LogP) is 2.56. The van der Waals surface area contributed by atoms with Gasteiger partial charge >= 0.3 is 0 Å². The molecule has 0 amide bonds. The molecule has 1 unspecified atom stereocenters. The van der Waals surface area contributed by atoms with E-state index in [1.165, 1.54) is 11.3 Å². The fourth-order valence-electron chi connectivity index (χ4n) is 1.62. The molecule has 1 aromatic rings. The van der Waals surface area contributed by atoms with Crippen molar-refractivity contribution >= 4 is 5.69 Å². The molecule has 0 fully saturated rings. The van der Waals surface area contributed by atoms with Crippen LogP contribution in [0.3, 0.4) is 0 Å². The smallest absolute Gasteiger partial charge is 0.0364 e. The van der Waals surface area contributed by atoms with Crippen LogP contribution >= 0.6 is 0 Å². The van der Waals surface area contributed by atoms with E-state index < -0.39 is 0 Å². The highest BCUT2D eigenvalue weighted by molar-refractivity contribution is 5.47. The van der Waals surface area contributed by atoms with Gasteiger partial charge in [-0.05, 0) is 30.5 Å².